The van der Waals surface area contributed by atoms with Gasteiger partial charge < -0.3 is 15.4 Å². The van der Waals surface area contributed by atoms with Crippen molar-refractivity contribution in [2.45, 2.75) is 25.3 Å². The van der Waals surface area contributed by atoms with Gasteiger partial charge in [0.15, 0.2) is 6.61 Å². The Bertz CT molecular complexity index is 636. The number of primary amides is 1. The summed E-state index contributed by atoms with van der Waals surface area (Å²) in [5, 5.41) is 0.536. The fourth-order valence-electron chi connectivity index (χ4n) is 2.44. The number of amides is 2. The lowest BCUT2D eigenvalue weighted by atomic mass is 10.0. The summed E-state index contributed by atoms with van der Waals surface area (Å²) in [5.74, 6) is -1.68. The van der Waals surface area contributed by atoms with E-state index in [1.165, 1.54) is 23.1 Å². The Hall–Kier alpha value is -1.79. The summed E-state index contributed by atoms with van der Waals surface area (Å²) in [7, 11) is 0. The van der Waals surface area contributed by atoms with Gasteiger partial charge in [0.05, 0.1) is 15.6 Å². The van der Waals surface area contributed by atoms with E-state index in [1.54, 1.807) is 0 Å². The van der Waals surface area contributed by atoms with Crippen LogP contribution in [0.15, 0.2) is 18.2 Å². The van der Waals surface area contributed by atoms with Crippen molar-refractivity contribution in [2.75, 3.05) is 13.2 Å². The van der Waals surface area contributed by atoms with Gasteiger partial charge in [0.2, 0.25) is 5.91 Å². The molecule has 0 spiro atoms. The highest BCUT2D eigenvalue weighted by molar-refractivity contribution is 6.42. The van der Waals surface area contributed by atoms with Crippen molar-refractivity contribution in [3.63, 3.8) is 0 Å². The van der Waals surface area contributed by atoms with Crippen molar-refractivity contribution < 1.29 is 19.1 Å². The Morgan fingerprint density at radius 1 is 1.22 bits per heavy atom. The van der Waals surface area contributed by atoms with Crippen molar-refractivity contribution in [1.29, 1.82) is 0 Å². The van der Waals surface area contributed by atoms with Gasteiger partial charge in [-0.25, -0.2) is 4.79 Å². The number of carbonyl (C=O) groups is 3. The maximum atomic E-state index is 12.2. The van der Waals surface area contributed by atoms with Crippen LogP contribution in [0, 0.1) is 0 Å². The van der Waals surface area contributed by atoms with Crippen LogP contribution in [0.1, 0.15) is 29.6 Å². The zero-order valence-corrected chi connectivity index (χ0v) is 13.8. The minimum Gasteiger partial charge on any atom is -0.452 e. The lowest BCUT2D eigenvalue weighted by molar-refractivity contribution is -0.143. The molecule has 2 rings (SSSR count). The molecule has 8 heteroatoms. The van der Waals surface area contributed by atoms with Gasteiger partial charge in [-0.1, -0.05) is 23.2 Å². The Kier molecular flexibility index (Phi) is 5.85. The van der Waals surface area contributed by atoms with Crippen molar-refractivity contribution in [2.24, 2.45) is 5.73 Å². The van der Waals surface area contributed by atoms with Crippen LogP contribution in [0.3, 0.4) is 0 Å². The van der Waals surface area contributed by atoms with Crippen LogP contribution in [0.2, 0.25) is 10.0 Å². The van der Waals surface area contributed by atoms with Crippen LogP contribution >= 0.6 is 23.2 Å². The minimum absolute atomic E-state index is 0.192. The van der Waals surface area contributed by atoms with E-state index in [9.17, 15) is 14.4 Å². The van der Waals surface area contributed by atoms with Crippen molar-refractivity contribution in [3.05, 3.63) is 33.8 Å². The fourth-order valence-corrected chi connectivity index (χ4v) is 2.74. The molecule has 1 aromatic carbocycles. The Morgan fingerprint density at radius 3 is 2.61 bits per heavy atom. The molecular weight excluding hydrogens is 343 g/mol. The molecule has 2 N–H and O–H groups in total. The standard InChI is InChI=1S/C15H16Cl2N2O4/c16-10-5-4-9(7-11(10)17)15(22)23-8-13(20)19-6-2-1-3-12(19)14(18)21/h4-5,7,12H,1-3,6,8H2,(H2,18,21)/t12-/m0/s1. The molecule has 1 aromatic rings. The highest BCUT2D eigenvalue weighted by Gasteiger charge is 2.31. The summed E-state index contributed by atoms with van der Waals surface area (Å²) in [5.41, 5.74) is 5.50. The third-order valence-corrected chi connectivity index (χ3v) is 4.37. The minimum atomic E-state index is -0.690. The van der Waals surface area contributed by atoms with Crippen LogP contribution in [0.25, 0.3) is 0 Å². The zero-order chi connectivity index (χ0) is 17.0. The number of hydrogen-bond acceptors (Lipinski definition) is 4. The summed E-state index contributed by atoms with van der Waals surface area (Å²) < 4.78 is 4.98. The van der Waals surface area contributed by atoms with Gasteiger partial charge in [-0.15, -0.1) is 0 Å². The number of piperidine rings is 1. The molecule has 0 bridgehead atoms. The molecule has 1 saturated heterocycles. The molecule has 2 amide bonds. The maximum Gasteiger partial charge on any atom is 0.338 e. The predicted octanol–water partition coefficient (Wildman–Crippen LogP) is 2.02. The number of benzene rings is 1. The number of halogens is 2. The molecule has 124 valence electrons. The fraction of sp³-hybridized carbons (Fsp3) is 0.400. The Balaban J connectivity index is 1.96. The van der Waals surface area contributed by atoms with Gasteiger partial charge in [-0.2, -0.15) is 0 Å². The van der Waals surface area contributed by atoms with E-state index >= 15 is 0 Å². The van der Waals surface area contributed by atoms with Crippen LogP contribution in [0.4, 0.5) is 0 Å². The molecule has 0 saturated carbocycles. The average Bonchev–Trinajstić information content (AvgIpc) is 2.54. The van der Waals surface area contributed by atoms with Crippen LogP contribution in [0.5, 0.6) is 0 Å². The molecule has 23 heavy (non-hydrogen) atoms. The van der Waals surface area contributed by atoms with E-state index in [-0.39, 0.29) is 10.6 Å². The maximum absolute atomic E-state index is 12.2. The van der Waals surface area contributed by atoms with E-state index in [2.05, 4.69) is 0 Å². The summed E-state index contributed by atoms with van der Waals surface area (Å²) in [6.45, 7) is -0.0282. The molecule has 0 radical (unpaired) electrons. The number of rotatable bonds is 4. The van der Waals surface area contributed by atoms with E-state index in [1.807, 2.05) is 0 Å². The van der Waals surface area contributed by atoms with E-state index in [0.717, 1.165) is 12.8 Å². The molecule has 1 atom stereocenters. The second-order valence-corrected chi connectivity index (χ2v) is 6.02. The number of hydrogen-bond donors (Lipinski definition) is 1. The summed E-state index contributed by atoms with van der Waals surface area (Å²) in [6, 6.07) is 3.65. The number of ether oxygens (including phenoxy) is 1. The lowest BCUT2D eigenvalue weighted by Gasteiger charge is -2.33. The lowest BCUT2D eigenvalue weighted by Crippen LogP contribution is -2.51. The number of esters is 1. The highest BCUT2D eigenvalue weighted by Crippen LogP contribution is 2.23. The second kappa shape index (κ2) is 7.66. The average molecular weight is 359 g/mol. The molecule has 6 nitrogen and oxygen atoms in total. The SMILES string of the molecule is NC(=O)[C@@H]1CCCCN1C(=O)COC(=O)c1ccc(Cl)c(Cl)c1. The molecule has 1 fully saturated rings. The quantitative estimate of drug-likeness (QED) is 0.833. The normalized spacial score (nSPS) is 17.7. The summed E-state index contributed by atoms with van der Waals surface area (Å²) in [4.78, 5) is 36.8. The third kappa shape index (κ3) is 4.36. The van der Waals surface area contributed by atoms with Crippen LogP contribution in [-0.4, -0.2) is 41.9 Å². The number of nitrogens with zero attached hydrogens (tertiary/aromatic N) is 1. The van der Waals surface area contributed by atoms with Gasteiger partial charge >= 0.3 is 5.97 Å². The third-order valence-electron chi connectivity index (χ3n) is 3.63. The van der Waals surface area contributed by atoms with Gasteiger partial charge in [-0.05, 0) is 37.5 Å². The first-order valence-electron chi connectivity index (χ1n) is 7.11. The monoisotopic (exact) mass is 358 g/mol. The van der Waals surface area contributed by atoms with E-state index in [0.29, 0.717) is 18.0 Å². The van der Waals surface area contributed by atoms with E-state index in [4.69, 9.17) is 33.7 Å². The smallest absolute Gasteiger partial charge is 0.338 e. The molecule has 0 aliphatic carbocycles. The van der Waals surface area contributed by atoms with E-state index < -0.39 is 30.4 Å². The van der Waals surface area contributed by atoms with Gasteiger partial charge in [0, 0.05) is 6.54 Å². The summed E-state index contributed by atoms with van der Waals surface area (Å²) >= 11 is 11.6. The zero-order valence-electron chi connectivity index (χ0n) is 12.3. The van der Waals surface area contributed by atoms with Crippen LogP contribution in [-0.2, 0) is 14.3 Å². The van der Waals surface area contributed by atoms with Gasteiger partial charge in [0.1, 0.15) is 6.04 Å². The molecule has 0 aromatic heterocycles. The van der Waals surface area contributed by atoms with Gasteiger partial charge in [-0.3, -0.25) is 9.59 Å². The number of likely N-dealkylation sites (tertiary alicyclic amines) is 1. The number of nitrogens with two attached hydrogens (primary N) is 1. The predicted molar refractivity (Wildman–Crippen MR) is 85.3 cm³/mol. The molecule has 0 unspecified atom stereocenters. The largest absolute Gasteiger partial charge is 0.452 e. The molecule has 1 heterocycles. The van der Waals surface area contributed by atoms with Crippen molar-refractivity contribution in [1.82, 2.24) is 4.90 Å². The molecular formula is C15H16Cl2N2O4. The highest BCUT2D eigenvalue weighted by atomic mass is 35.5. The Morgan fingerprint density at radius 2 is 1.96 bits per heavy atom. The van der Waals surface area contributed by atoms with Gasteiger partial charge in [0.25, 0.3) is 5.91 Å². The molecule has 1 aliphatic rings. The van der Waals surface area contributed by atoms with Crippen LogP contribution < -0.4 is 5.73 Å². The first kappa shape index (κ1) is 17.6. The second-order valence-electron chi connectivity index (χ2n) is 5.21. The first-order chi connectivity index (χ1) is 10.9. The topological polar surface area (TPSA) is 89.7 Å². The van der Waals surface area contributed by atoms with Crippen molar-refractivity contribution in [3.8, 4) is 0 Å². The Labute approximate surface area is 143 Å². The first-order valence-corrected chi connectivity index (χ1v) is 7.86. The summed E-state index contributed by atoms with van der Waals surface area (Å²) in [6.07, 6.45) is 2.15. The molecule has 1 aliphatic heterocycles. The van der Waals surface area contributed by atoms with Crippen molar-refractivity contribution >= 4 is 41.0 Å². The number of carbonyl (C=O) groups excluding carboxylic acids is 3.